The van der Waals surface area contributed by atoms with E-state index in [1.165, 1.54) is 0 Å². The molecule has 0 N–H and O–H groups in total. The van der Waals surface area contributed by atoms with Gasteiger partial charge in [-0.15, -0.1) is 0 Å². The Hall–Kier alpha value is -1.51. The molecular formula is C12H14O3. The average molecular weight is 206 g/mol. The Morgan fingerprint density at radius 2 is 2.00 bits per heavy atom. The summed E-state index contributed by atoms with van der Waals surface area (Å²) < 4.78 is 10.4. The Labute approximate surface area is 89.0 Å². The van der Waals surface area contributed by atoms with Crippen LogP contribution in [0.3, 0.4) is 0 Å². The van der Waals surface area contributed by atoms with E-state index < -0.39 is 0 Å². The standard InChI is InChI=1S/C12H14O3/c1-2-14-12(13)9-3-5-10(6-4-9)15-11-7-8-11/h3-6,11H,2,7-8H2,1H3. The molecular weight excluding hydrogens is 192 g/mol. The third-order valence-electron chi connectivity index (χ3n) is 2.19. The van der Waals surface area contributed by atoms with E-state index in [0.717, 1.165) is 18.6 Å². The maximum atomic E-state index is 11.3. The van der Waals surface area contributed by atoms with Crippen molar-refractivity contribution in [3.05, 3.63) is 29.8 Å². The third kappa shape index (κ3) is 2.72. The molecule has 1 aliphatic carbocycles. The lowest BCUT2D eigenvalue weighted by molar-refractivity contribution is 0.0526. The van der Waals surface area contributed by atoms with Crippen molar-refractivity contribution in [3.8, 4) is 5.75 Å². The largest absolute Gasteiger partial charge is 0.490 e. The summed E-state index contributed by atoms with van der Waals surface area (Å²) >= 11 is 0. The van der Waals surface area contributed by atoms with Crippen LogP contribution >= 0.6 is 0 Å². The Morgan fingerprint density at radius 1 is 1.33 bits per heavy atom. The zero-order chi connectivity index (χ0) is 10.7. The van der Waals surface area contributed by atoms with E-state index in [9.17, 15) is 4.79 Å². The topological polar surface area (TPSA) is 35.5 Å². The minimum atomic E-state index is -0.282. The maximum absolute atomic E-state index is 11.3. The number of ether oxygens (including phenoxy) is 2. The lowest BCUT2D eigenvalue weighted by Gasteiger charge is -2.05. The lowest BCUT2D eigenvalue weighted by atomic mass is 10.2. The SMILES string of the molecule is CCOC(=O)c1ccc(OC2CC2)cc1. The fourth-order valence-corrected chi connectivity index (χ4v) is 1.26. The fourth-order valence-electron chi connectivity index (χ4n) is 1.26. The summed E-state index contributed by atoms with van der Waals surface area (Å²) in [7, 11) is 0. The van der Waals surface area contributed by atoms with Gasteiger partial charge in [-0.25, -0.2) is 4.79 Å². The number of hydrogen-bond acceptors (Lipinski definition) is 3. The minimum absolute atomic E-state index is 0.282. The van der Waals surface area contributed by atoms with Crippen molar-refractivity contribution in [1.29, 1.82) is 0 Å². The second-order valence-corrected chi connectivity index (χ2v) is 3.56. The van der Waals surface area contributed by atoms with Crippen LogP contribution < -0.4 is 4.74 Å². The molecule has 0 saturated heterocycles. The Kier molecular flexibility index (Phi) is 2.90. The van der Waals surface area contributed by atoms with Gasteiger partial charge >= 0.3 is 5.97 Å². The number of benzene rings is 1. The van der Waals surface area contributed by atoms with Crippen molar-refractivity contribution < 1.29 is 14.3 Å². The van der Waals surface area contributed by atoms with E-state index in [2.05, 4.69) is 0 Å². The molecule has 1 saturated carbocycles. The second-order valence-electron chi connectivity index (χ2n) is 3.56. The van der Waals surface area contributed by atoms with Crippen molar-refractivity contribution in [2.45, 2.75) is 25.9 Å². The molecule has 3 heteroatoms. The van der Waals surface area contributed by atoms with Crippen LogP contribution in [-0.2, 0) is 4.74 Å². The zero-order valence-corrected chi connectivity index (χ0v) is 8.73. The zero-order valence-electron chi connectivity index (χ0n) is 8.73. The molecule has 0 aromatic heterocycles. The number of rotatable bonds is 4. The maximum Gasteiger partial charge on any atom is 0.338 e. The van der Waals surface area contributed by atoms with Crippen molar-refractivity contribution in [3.63, 3.8) is 0 Å². The van der Waals surface area contributed by atoms with Gasteiger partial charge in [-0.3, -0.25) is 0 Å². The number of hydrogen-bond donors (Lipinski definition) is 0. The molecule has 1 aromatic carbocycles. The molecule has 80 valence electrons. The summed E-state index contributed by atoms with van der Waals surface area (Å²) in [4.78, 5) is 11.3. The van der Waals surface area contributed by atoms with Crippen molar-refractivity contribution in [2.75, 3.05) is 6.61 Å². The normalized spacial score (nSPS) is 14.7. The summed E-state index contributed by atoms with van der Waals surface area (Å²) in [6.07, 6.45) is 2.66. The van der Waals surface area contributed by atoms with E-state index >= 15 is 0 Å². The third-order valence-corrected chi connectivity index (χ3v) is 2.19. The van der Waals surface area contributed by atoms with E-state index in [1.807, 2.05) is 12.1 Å². The Balaban J connectivity index is 1.99. The van der Waals surface area contributed by atoms with Gasteiger partial charge in [-0.2, -0.15) is 0 Å². The van der Waals surface area contributed by atoms with Crippen LogP contribution in [0.5, 0.6) is 5.75 Å². The summed E-state index contributed by atoms with van der Waals surface area (Å²) in [6.45, 7) is 2.20. The van der Waals surface area contributed by atoms with Gasteiger partial charge in [0.15, 0.2) is 0 Å². The minimum Gasteiger partial charge on any atom is -0.490 e. The molecule has 15 heavy (non-hydrogen) atoms. The highest BCUT2D eigenvalue weighted by molar-refractivity contribution is 5.89. The molecule has 0 bridgehead atoms. The summed E-state index contributed by atoms with van der Waals surface area (Å²) in [5.41, 5.74) is 0.569. The molecule has 0 unspecified atom stereocenters. The first kappa shape index (κ1) is 10.0. The average Bonchev–Trinajstić information content (AvgIpc) is 3.03. The van der Waals surface area contributed by atoms with Crippen molar-refractivity contribution in [1.82, 2.24) is 0 Å². The number of esters is 1. The number of carbonyl (C=O) groups excluding carboxylic acids is 1. The van der Waals surface area contributed by atoms with Gasteiger partial charge in [0.1, 0.15) is 5.75 Å². The number of carbonyl (C=O) groups is 1. The van der Waals surface area contributed by atoms with Crippen LogP contribution in [0.2, 0.25) is 0 Å². The van der Waals surface area contributed by atoms with E-state index in [-0.39, 0.29) is 5.97 Å². The summed E-state index contributed by atoms with van der Waals surface area (Å²) in [5, 5.41) is 0. The van der Waals surface area contributed by atoms with Gasteiger partial charge in [-0.05, 0) is 44.0 Å². The molecule has 0 radical (unpaired) electrons. The molecule has 3 nitrogen and oxygen atoms in total. The van der Waals surface area contributed by atoms with Gasteiger partial charge in [0.2, 0.25) is 0 Å². The molecule has 0 heterocycles. The van der Waals surface area contributed by atoms with Gasteiger partial charge in [0.25, 0.3) is 0 Å². The van der Waals surface area contributed by atoms with E-state index in [1.54, 1.807) is 19.1 Å². The first-order valence-corrected chi connectivity index (χ1v) is 5.23. The monoisotopic (exact) mass is 206 g/mol. The predicted molar refractivity (Wildman–Crippen MR) is 56.0 cm³/mol. The van der Waals surface area contributed by atoms with Crippen LogP contribution in [0.4, 0.5) is 0 Å². The summed E-state index contributed by atoms with van der Waals surface area (Å²) in [6, 6.07) is 7.08. The molecule has 0 aliphatic heterocycles. The lowest BCUT2D eigenvalue weighted by Crippen LogP contribution is -2.04. The van der Waals surface area contributed by atoms with Crippen molar-refractivity contribution >= 4 is 5.97 Å². The van der Waals surface area contributed by atoms with Crippen LogP contribution in [0.15, 0.2) is 24.3 Å². The first-order chi connectivity index (χ1) is 7.29. The molecule has 2 rings (SSSR count). The predicted octanol–water partition coefficient (Wildman–Crippen LogP) is 2.40. The molecule has 0 atom stereocenters. The van der Waals surface area contributed by atoms with E-state index in [0.29, 0.717) is 18.3 Å². The highest BCUT2D eigenvalue weighted by atomic mass is 16.5. The highest BCUT2D eigenvalue weighted by Gasteiger charge is 2.23. The van der Waals surface area contributed by atoms with Crippen LogP contribution in [0.1, 0.15) is 30.1 Å². The molecule has 1 aromatic rings. The molecule has 1 aliphatic rings. The second kappa shape index (κ2) is 4.34. The van der Waals surface area contributed by atoms with Gasteiger partial charge in [-0.1, -0.05) is 0 Å². The summed E-state index contributed by atoms with van der Waals surface area (Å²) in [5.74, 6) is 0.543. The Morgan fingerprint density at radius 3 is 2.53 bits per heavy atom. The molecule has 1 fully saturated rings. The van der Waals surface area contributed by atoms with Crippen LogP contribution in [-0.4, -0.2) is 18.7 Å². The fraction of sp³-hybridized carbons (Fsp3) is 0.417. The Bertz CT molecular complexity index is 338. The van der Waals surface area contributed by atoms with Crippen molar-refractivity contribution in [2.24, 2.45) is 0 Å². The van der Waals surface area contributed by atoms with Crippen LogP contribution in [0.25, 0.3) is 0 Å². The molecule has 0 amide bonds. The van der Waals surface area contributed by atoms with Gasteiger partial charge in [0.05, 0.1) is 18.3 Å². The van der Waals surface area contributed by atoms with Gasteiger partial charge in [0, 0.05) is 0 Å². The quantitative estimate of drug-likeness (QED) is 0.709. The highest BCUT2D eigenvalue weighted by Crippen LogP contribution is 2.26. The molecule has 0 spiro atoms. The van der Waals surface area contributed by atoms with Crippen LogP contribution in [0, 0.1) is 0 Å². The first-order valence-electron chi connectivity index (χ1n) is 5.23. The smallest absolute Gasteiger partial charge is 0.338 e. The van der Waals surface area contributed by atoms with Gasteiger partial charge < -0.3 is 9.47 Å². The van der Waals surface area contributed by atoms with E-state index in [4.69, 9.17) is 9.47 Å².